The van der Waals surface area contributed by atoms with E-state index in [0.29, 0.717) is 23.5 Å². The van der Waals surface area contributed by atoms with E-state index in [2.05, 4.69) is 5.32 Å². The third-order valence-electron chi connectivity index (χ3n) is 3.08. The number of hydrogen-bond donors (Lipinski definition) is 2. The Morgan fingerprint density at radius 3 is 2.81 bits per heavy atom. The zero-order valence-corrected chi connectivity index (χ0v) is 11.8. The number of aliphatic hydroxyl groups excluding tert-OH is 1. The Morgan fingerprint density at radius 1 is 1.33 bits per heavy atom. The third-order valence-corrected chi connectivity index (χ3v) is 3.08. The molecule has 112 valence electrons. The first-order valence-electron chi connectivity index (χ1n) is 6.84. The van der Waals surface area contributed by atoms with Crippen LogP contribution in [-0.2, 0) is 11.2 Å². The second-order valence-electron chi connectivity index (χ2n) is 4.90. The van der Waals surface area contributed by atoms with E-state index >= 15 is 0 Å². The number of nitrogens with one attached hydrogen (secondary N) is 1. The van der Waals surface area contributed by atoms with E-state index in [-0.39, 0.29) is 30.8 Å². The Morgan fingerprint density at radius 2 is 2.10 bits per heavy atom. The standard InChI is InChI=1S/C16H18FNO3/c1-11(10-19)18-16(20)9-7-12-6-8-15(21-12)13-4-2-3-5-14(13)17/h2-6,8,11,19H,7,9-10H2,1H3,(H,18,20). The van der Waals surface area contributed by atoms with Crippen molar-refractivity contribution in [2.45, 2.75) is 25.8 Å². The third kappa shape index (κ3) is 4.16. The van der Waals surface area contributed by atoms with Gasteiger partial charge in [-0.3, -0.25) is 4.79 Å². The van der Waals surface area contributed by atoms with Crippen LogP contribution in [0.4, 0.5) is 4.39 Å². The number of aryl methyl sites for hydroxylation is 1. The quantitative estimate of drug-likeness (QED) is 0.859. The predicted molar refractivity (Wildman–Crippen MR) is 77.1 cm³/mol. The van der Waals surface area contributed by atoms with Crippen molar-refractivity contribution in [3.63, 3.8) is 0 Å². The van der Waals surface area contributed by atoms with Gasteiger partial charge in [-0.05, 0) is 31.2 Å². The van der Waals surface area contributed by atoms with Gasteiger partial charge < -0.3 is 14.8 Å². The van der Waals surface area contributed by atoms with E-state index in [9.17, 15) is 9.18 Å². The number of carbonyl (C=O) groups is 1. The van der Waals surface area contributed by atoms with Gasteiger partial charge in [0.15, 0.2) is 0 Å². The number of hydrogen-bond acceptors (Lipinski definition) is 3. The second kappa shape index (κ2) is 7.04. The summed E-state index contributed by atoms with van der Waals surface area (Å²) in [6.07, 6.45) is 0.687. The summed E-state index contributed by atoms with van der Waals surface area (Å²) in [4.78, 5) is 11.6. The molecule has 0 spiro atoms. The first kappa shape index (κ1) is 15.3. The van der Waals surface area contributed by atoms with Crippen LogP contribution in [-0.4, -0.2) is 23.7 Å². The Kier molecular flexibility index (Phi) is 5.11. The lowest BCUT2D eigenvalue weighted by molar-refractivity contribution is -0.122. The van der Waals surface area contributed by atoms with Gasteiger partial charge in [0, 0.05) is 18.9 Å². The molecule has 0 bridgehead atoms. The Hall–Kier alpha value is -2.14. The van der Waals surface area contributed by atoms with Crippen LogP contribution in [0, 0.1) is 5.82 Å². The van der Waals surface area contributed by atoms with Crippen molar-refractivity contribution in [2.24, 2.45) is 0 Å². The molecule has 0 radical (unpaired) electrons. The van der Waals surface area contributed by atoms with Gasteiger partial charge in [0.05, 0.1) is 12.2 Å². The summed E-state index contributed by atoms with van der Waals surface area (Å²) in [7, 11) is 0. The number of aliphatic hydroxyl groups is 1. The van der Waals surface area contributed by atoms with Crippen LogP contribution in [0.25, 0.3) is 11.3 Å². The van der Waals surface area contributed by atoms with E-state index in [1.54, 1.807) is 37.3 Å². The van der Waals surface area contributed by atoms with Gasteiger partial charge in [-0.1, -0.05) is 12.1 Å². The molecule has 1 amide bonds. The van der Waals surface area contributed by atoms with Crippen LogP contribution >= 0.6 is 0 Å². The number of rotatable bonds is 6. The van der Waals surface area contributed by atoms with Gasteiger partial charge in [0.1, 0.15) is 17.3 Å². The molecular formula is C16H18FNO3. The lowest BCUT2D eigenvalue weighted by atomic mass is 10.1. The van der Waals surface area contributed by atoms with Gasteiger partial charge in [0.25, 0.3) is 0 Å². The first-order valence-corrected chi connectivity index (χ1v) is 6.84. The fourth-order valence-corrected chi connectivity index (χ4v) is 1.95. The summed E-state index contributed by atoms with van der Waals surface area (Å²) in [5, 5.41) is 11.5. The SMILES string of the molecule is CC(CO)NC(=O)CCc1ccc(-c2ccccc2F)o1. The van der Waals surface area contributed by atoms with Crippen LogP contribution in [0.15, 0.2) is 40.8 Å². The van der Waals surface area contributed by atoms with E-state index < -0.39 is 0 Å². The molecular weight excluding hydrogens is 273 g/mol. The number of carbonyl (C=O) groups excluding carboxylic acids is 1. The maximum Gasteiger partial charge on any atom is 0.220 e. The molecule has 0 saturated carbocycles. The van der Waals surface area contributed by atoms with Gasteiger partial charge >= 0.3 is 0 Å². The van der Waals surface area contributed by atoms with Crippen molar-refractivity contribution in [1.82, 2.24) is 5.32 Å². The minimum Gasteiger partial charge on any atom is -0.461 e. The van der Waals surface area contributed by atoms with Crippen molar-refractivity contribution in [3.8, 4) is 11.3 Å². The smallest absolute Gasteiger partial charge is 0.220 e. The normalized spacial score (nSPS) is 12.1. The minimum absolute atomic E-state index is 0.0933. The lowest BCUT2D eigenvalue weighted by Gasteiger charge is -2.09. The number of halogens is 1. The van der Waals surface area contributed by atoms with Crippen molar-refractivity contribution < 1.29 is 18.7 Å². The Bertz CT molecular complexity index is 609. The fraction of sp³-hybridized carbons (Fsp3) is 0.312. The van der Waals surface area contributed by atoms with E-state index in [4.69, 9.17) is 9.52 Å². The number of benzene rings is 1. The highest BCUT2D eigenvalue weighted by Gasteiger charge is 2.11. The molecule has 1 heterocycles. The topological polar surface area (TPSA) is 62.5 Å². The highest BCUT2D eigenvalue weighted by atomic mass is 19.1. The largest absolute Gasteiger partial charge is 0.461 e. The van der Waals surface area contributed by atoms with Crippen LogP contribution in [0.1, 0.15) is 19.1 Å². The van der Waals surface area contributed by atoms with Crippen molar-refractivity contribution >= 4 is 5.91 Å². The van der Waals surface area contributed by atoms with Gasteiger partial charge in [-0.15, -0.1) is 0 Å². The molecule has 1 atom stereocenters. The minimum atomic E-state index is -0.340. The molecule has 0 aliphatic heterocycles. The summed E-state index contributed by atoms with van der Waals surface area (Å²) in [6.45, 7) is 1.63. The van der Waals surface area contributed by atoms with Crippen LogP contribution in [0.5, 0.6) is 0 Å². The van der Waals surface area contributed by atoms with Crippen LogP contribution < -0.4 is 5.32 Å². The lowest BCUT2D eigenvalue weighted by Crippen LogP contribution is -2.35. The summed E-state index contributed by atoms with van der Waals surface area (Å²) in [5.74, 6) is 0.584. The summed E-state index contributed by atoms with van der Waals surface area (Å²) < 4.78 is 19.2. The molecule has 1 aromatic heterocycles. The molecule has 2 aromatic rings. The Labute approximate surface area is 122 Å². The average Bonchev–Trinajstić information content (AvgIpc) is 2.94. The Balaban J connectivity index is 1.95. The van der Waals surface area contributed by atoms with Crippen LogP contribution in [0.2, 0.25) is 0 Å². The highest BCUT2D eigenvalue weighted by Crippen LogP contribution is 2.25. The predicted octanol–water partition coefficient (Wildman–Crippen LogP) is 2.52. The zero-order chi connectivity index (χ0) is 15.2. The molecule has 2 rings (SSSR count). The zero-order valence-electron chi connectivity index (χ0n) is 11.8. The molecule has 5 heteroatoms. The van der Waals surface area contributed by atoms with Crippen molar-refractivity contribution in [2.75, 3.05) is 6.61 Å². The van der Waals surface area contributed by atoms with E-state index in [0.717, 1.165) is 0 Å². The molecule has 1 unspecified atom stereocenters. The van der Waals surface area contributed by atoms with Crippen molar-refractivity contribution in [3.05, 3.63) is 48.0 Å². The van der Waals surface area contributed by atoms with E-state index in [1.807, 2.05) is 0 Å². The fourth-order valence-electron chi connectivity index (χ4n) is 1.95. The van der Waals surface area contributed by atoms with Gasteiger partial charge in [-0.2, -0.15) is 0 Å². The van der Waals surface area contributed by atoms with Gasteiger partial charge in [0.2, 0.25) is 5.91 Å². The van der Waals surface area contributed by atoms with Crippen molar-refractivity contribution in [1.29, 1.82) is 0 Å². The molecule has 0 aliphatic rings. The average molecular weight is 291 g/mol. The van der Waals surface area contributed by atoms with E-state index in [1.165, 1.54) is 6.07 Å². The molecule has 0 fully saturated rings. The number of amides is 1. The first-order chi connectivity index (χ1) is 10.1. The maximum absolute atomic E-state index is 13.6. The summed E-state index contributed by atoms with van der Waals surface area (Å²) in [5.41, 5.74) is 0.405. The molecule has 1 aromatic carbocycles. The maximum atomic E-state index is 13.6. The molecule has 0 saturated heterocycles. The summed E-state index contributed by atoms with van der Waals surface area (Å²) in [6, 6.07) is 9.56. The highest BCUT2D eigenvalue weighted by molar-refractivity contribution is 5.76. The monoisotopic (exact) mass is 291 g/mol. The second-order valence-corrected chi connectivity index (χ2v) is 4.90. The molecule has 4 nitrogen and oxygen atoms in total. The molecule has 0 aliphatic carbocycles. The van der Waals surface area contributed by atoms with Gasteiger partial charge in [-0.25, -0.2) is 4.39 Å². The summed E-state index contributed by atoms with van der Waals surface area (Å²) >= 11 is 0. The van der Waals surface area contributed by atoms with Crippen LogP contribution in [0.3, 0.4) is 0 Å². The number of furan rings is 1. The molecule has 21 heavy (non-hydrogen) atoms. The molecule has 2 N–H and O–H groups in total.